The highest BCUT2D eigenvalue weighted by atomic mass is 16.3. The fraction of sp³-hybridized carbons (Fsp3) is 0.474. The van der Waals surface area contributed by atoms with Gasteiger partial charge in [0.1, 0.15) is 0 Å². The summed E-state index contributed by atoms with van der Waals surface area (Å²) in [7, 11) is 1.79. The largest absolute Gasteiger partial charge is 0.387 e. The molecule has 5 heteroatoms. The molecule has 2 rings (SSSR count). The SMILES string of the molecule is CCc1nn(C)cc1C(=O)NCC(O)c1ccc(C(C)(C)C)cc1. The summed E-state index contributed by atoms with van der Waals surface area (Å²) in [4.78, 5) is 12.3. The van der Waals surface area contributed by atoms with Crippen molar-refractivity contribution in [3.63, 3.8) is 0 Å². The summed E-state index contributed by atoms with van der Waals surface area (Å²) in [5.74, 6) is -0.203. The topological polar surface area (TPSA) is 67.2 Å². The first-order valence-corrected chi connectivity index (χ1v) is 8.31. The van der Waals surface area contributed by atoms with Gasteiger partial charge < -0.3 is 10.4 Å². The number of nitrogens with zero attached hydrogens (tertiary/aromatic N) is 2. The Balaban J connectivity index is 1.99. The second kappa shape index (κ2) is 7.18. The third-order valence-electron chi connectivity index (χ3n) is 4.10. The fourth-order valence-electron chi connectivity index (χ4n) is 2.59. The molecule has 0 bridgehead atoms. The summed E-state index contributed by atoms with van der Waals surface area (Å²) in [5, 5.41) is 17.4. The molecule has 1 heterocycles. The second-order valence-corrected chi connectivity index (χ2v) is 7.11. The van der Waals surface area contributed by atoms with E-state index in [9.17, 15) is 9.90 Å². The Labute approximate surface area is 143 Å². The van der Waals surface area contributed by atoms with Crippen LogP contribution in [0.4, 0.5) is 0 Å². The first-order chi connectivity index (χ1) is 11.2. The smallest absolute Gasteiger partial charge is 0.254 e. The van der Waals surface area contributed by atoms with Crippen LogP contribution in [0.2, 0.25) is 0 Å². The lowest BCUT2D eigenvalue weighted by molar-refractivity contribution is 0.0915. The lowest BCUT2D eigenvalue weighted by Gasteiger charge is -2.20. The van der Waals surface area contributed by atoms with E-state index in [2.05, 4.69) is 31.2 Å². The molecule has 0 aliphatic heterocycles. The molecule has 1 aromatic carbocycles. The van der Waals surface area contributed by atoms with Gasteiger partial charge in [-0.3, -0.25) is 9.48 Å². The van der Waals surface area contributed by atoms with E-state index in [1.807, 2.05) is 31.2 Å². The standard InChI is InChI=1S/C19H27N3O2/c1-6-16-15(12-22(5)21-16)18(24)20-11-17(23)13-7-9-14(10-8-13)19(2,3)4/h7-10,12,17,23H,6,11H2,1-5H3,(H,20,24). The van der Waals surface area contributed by atoms with Crippen molar-refractivity contribution in [2.24, 2.45) is 7.05 Å². The number of aryl methyl sites for hydroxylation is 2. The predicted molar refractivity (Wildman–Crippen MR) is 95.0 cm³/mol. The van der Waals surface area contributed by atoms with Gasteiger partial charge in [0.2, 0.25) is 0 Å². The van der Waals surface area contributed by atoms with Crippen molar-refractivity contribution in [1.29, 1.82) is 0 Å². The van der Waals surface area contributed by atoms with Crippen molar-refractivity contribution < 1.29 is 9.90 Å². The number of amides is 1. The van der Waals surface area contributed by atoms with Crippen LogP contribution in [-0.4, -0.2) is 27.3 Å². The van der Waals surface area contributed by atoms with Crippen LogP contribution in [0.3, 0.4) is 0 Å². The maximum atomic E-state index is 12.3. The minimum Gasteiger partial charge on any atom is -0.387 e. The lowest BCUT2D eigenvalue weighted by Crippen LogP contribution is -2.28. The average molecular weight is 329 g/mol. The normalized spacial score (nSPS) is 12.9. The van der Waals surface area contributed by atoms with E-state index in [0.29, 0.717) is 12.0 Å². The minimum atomic E-state index is -0.732. The van der Waals surface area contributed by atoms with Crippen molar-refractivity contribution in [3.05, 3.63) is 52.8 Å². The lowest BCUT2D eigenvalue weighted by atomic mass is 9.86. The highest BCUT2D eigenvalue weighted by Crippen LogP contribution is 2.23. The Kier molecular flexibility index (Phi) is 5.44. The van der Waals surface area contributed by atoms with Gasteiger partial charge in [-0.1, -0.05) is 52.0 Å². The number of hydrogen-bond acceptors (Lipinski definition) is 3. The molecule has 0 spiro atoms. The van der Waals surface area contributed by atoms with E-state index in [1.54, 1.807) is 17.9 Å². The van der Waals surface area contributed by atoms with Gasteiger partial charge >= 0.3 is 0 Å². The van der Waals surface area contributed by atoms with E-state index in [-0.39, 0.29) is 17.9 Å². The van der Waals surface area contributed by atoms with E-state index in [0.717, 1.165) is 11.3 Å². The molecule has 130 valence electrons. The van der Waals surface area contributed by atoms with Gasteiger partial charge in [0.25, 0.3) is 5.91 Å². The molecule has 0 radical (unpaired) electrons. The number of carbonyl (C=O) groups is 1. The summed E-state index contributed by atoms with van der Waals surface area (Å²) < 4.78 is 1.63. The highest BCUT2D eigenvalue weighted by Gasteiger charge is 2.17. The molecule has 24 heavy (non-hydrogen) atoms. The minimum absolute atomic E-state index is 0.0779. The molecular formula is C19H27N3O2. The Hall–Kier alpha value is -2.14. The number of carbonyl (C=O) groups excluding carboxylic acids is 1. The van der Waals surface area contributed by atoms with Crippen molar-refractivity contribution in [3.8, 4) is 0 Å². The predicted octanol–water partition coefficient (Wildman–Crippen LogP) is 2.74. The van der Waals surface area contributed by atoms with Crippen LogP contribution in [0.15, 0.2) is 30.5 Å². The van der Waals surface area contributed by atoms with E-state index in [1.165, 1.54) is 5.56 Å². The van der Waals surface area contributed by atoms with Crippen LogP contribution < -0.4 is 5.32 Å². The maximum Gasteiger partial charge on any atom is 0.254 e. The quantitative estimate of drug-likeness (QED) is 0.886. The fourth-order valence-corrected chi connectivity index (χ4v) is 2.59. The highest BCUT2D eigenvalue weighted by molar-refractivity contribution is 5.95. The van der Waals surface area contributed by atoms with Crippen molar-refractivity contribution in [1.82, 2.24) is 15.1 Å². The molecule has 2 aromatic rings. The summed E-state index contributed by atoms with van der Waals surface area (Å²) in [6.45, 7) is 8.59. The van der Waals surface area contributed by atoms with Crippen LogP contribution in [-0.2, 0) is 18.9 Å². The van der Waals surface area contributed by atoms with Crippen molar-refractivity contribution in [2.75, 3.05) is 6.54 Å². The van der Waals surface area contributed by atoms with Crippen LogP contribution in [0, 0.1) is 0 Å². The molecule has 0 saturated carbocycles. The number of benzene rings is 1. The van der Waals surface area contributed by atoms with Gasteiger partial charge in [-0.15, -0.1) is 0 Å². The Bertz CT molecular complexity index is 696. The number of rotatable bonds is 5. The number of aliphatic hydroxyl groups excluding tert-OH is 1. The van der Waals surface area contributed by atoms with Crippen molar-refractivity contribution in [2.45, 2.75) is 45.6 Å². The zero-order chi connectivity index (χ0) is 17.9. The summed E-state index contributed by atoms with van der Waals surface area (Å²) in [5.41, 5.74) is 3.42. The molecule has 0 fully saturated rings. The van der Waals surface area contributed by atoms with Crippen molar-refractivity contribution >= 4 is 5.91 Å². The molecule has 1 unspecified atom stereocenters. The molecule has 1 aromatic heterocycles. The zero-order valence-corrected chi connectivity index (χ0v) is 15.1. The number of hydrogen-bond donors (Lipinski definition) is 2. The first kappa shape index (κ1) is 18.2. The molecular weight excluding hydrogens is 302 g/mol. The van der Waals surface area contributed by atoms with Gasteiger partial charge in [-0.2, -0.15) is 5.10 Å². The average Bonchev–Trinajstić information content (AvgIpc) is 2.92. The third kappa shape index (κ3) is 4.23. The monoisotopic (exact) mass is 329 g/mol. The molecule has 0 aliphatic rings. The first-order valence-electron chi connectivity index (χ1n) is 8.31. The van der Waals surface area contributed by atoms with Crippen LogP contribution in [0.5, 0.6) is 0 Å². The molecule has 1 amide bonds. The maximum absolute atomic E-state index is 12.3. The molecule has 1 atom stereocenters. The van der Waals surface area contributed by atoms with E-state index in [4.69, 9.17) is 0 Å². The van der Waals surface area contributed by atoms with E-state index >= 15 is 0 Å². The van der Waals surface area contributed by atoms with Gasteiger partial charge in [-0.25, -0.2) is 0 Å². The van der Waals surface area contributed by atoms with Gasteiger partial charge in [0, 0.05) is 19.8 Å². The summed E-state index contributed by atoms with van der Waals surface area (Å²) in [6, 6.07) is 7.88. The molecule has 0 saturated heterocycles. The molecule has 0 aliphatic carbocycles. The van der Waals surface area contributed by atoms with Crippen LogP contribution >= 0.6 is 0 Å². The third-order valence-corrected chi connectivity index (χ3v) is 4.10. The van der Waals surface area contributed by atoms with Gasteiger partial charge in [-0.05, 0) is 23.0 Å². The second-order valence-electron chi connectivity index (χ2n) is 7.11. The van der Waals surface area contributed by atoms with Crippen LogP contribution in [0.1, 0.15) is 61.0 Å². The Morgan fingerprint density at radius 3 is 2.46 bits per heavy atom. The number of aromatic nitrogens is 2. The summed E-state index contributed by atoms with van der Waals surface area (Å²) >= 11 is 0. The zero-order valence-electron chi connectivity index (χ0n) is 15.1. The number of aliphatic hydroxyl groups is 1. The summed E-state index contributed by atoms with van der Waals surface area (Å²) in [6.07, 6.45) is 1.67. The van der Waals surface area contributed by atoms with E-state index < -0.39 is 6.10 Å². The van der Waals surface area contributed by atoms with Crippen LogP contribution in [0.25, 0.3) is 0 Å². The number of nitrogens with one attached hydrogen (secondary N) is 1. The van der Waals surface area contributed by atoms with Gasteiger partial charge in [0.05, 0.1) is 17.4 Å². The van der Waals surface area contributed by atoms with Gasteiger partial charge in [0.15, 0.2) is 0 Å². The Morgan fingerprint density at radius 1 is 1.29 bits per heavy atom. The molecule has 2 N–H and O–H groups in total. The molecule has 5 nitrogen and oxygen atoms in total. The Morgan fingerprint density at radius 2 is 1.92 bits per heavy atom.